The monoisotopic (exact) mass is 258 g/mol. The first-order valence-corrected chi connectivity index (χ1v) is 5.62. The van der Waals surface area contributed by atoms with Crippen molar-refractivity contribution in [3.05, 3.63) is 29.8 Å². The first-order chi connectivity index (χ1) is 8.44. The number of halogens is 3. The average Bonchev–Trinajstić information content (AvgIpc) is 2.26. The summed E-state index contributed by atoms with van der Waals surface area (Å²) in [6.07, 6.45) is -5.33. The van der Waals surface area contributed by atoms with Gasteiger partial charge in [0.2, 0.25) is 5.91 Å². The fraction of sp³-hybridized carbons (Fsp3) is 0.417. The fourth-order valence-corrected chi connectivity index (χ4v) is 2.00. The SMILES string of the molecule is O=C(CC(F)(F)F)NC1CNc2ccccc2C1. The number of carbonyl (C=O) groups excluding carboxylic acids is 1. The van der Waals surface area contributed by atoms with E-state index >= 15 is 0 Å². The van der Waals surface area contributed by atoms with Crippen LogP contribution in [0.4, 0.5) is 18.9 Å². The number of anilines is 1. The maximum absolute atomic E-state index is 12.0. The molecule has 1 aromatic carbocycles. The number of alkyl halides is 3. The molecule has 18 heavy (non-hydrogen) atoms. The molecule has 1 aliphatic rings. The van der Waals surface area contributed by atoms with Gasteiger partial charge in [0.25, 0.3) is 0 Å². The molecular formula is C12H13F3N2O. The molecule has 1 heterocycles. The number of benzene rings is 1. The van der Waals surface area contributed by atoms with Gasteiger partial charge in [-0.05, 0) is 18.1 Å². The van der Waals surface area contributed by atoms with Gasteiger partial charge in [0, 0.05) is 12.2 Å². The molecule has 0 radical (unpaired) electrons. The summed E-state index contributed by atoms with van der Waals surface area (Å²) >= 11 is 0. The van der Waals surface area contributed by atoms with E-state index in [2.05, 4.69) is 10.6 Å². The third-order valence-corrected chi connectivity index (χ3v) is 2.75. The van der Waals surface area contributed by atoms with Gasteiger partial charge in [-0.2, -0.15) is 13.2 Å². The van der Waals surface area contributed by atoms with Crippen molar-refractivity contribution >= 4 is 11.6 Å². The van der Waals surface area contributed by atoms with Gasteiger partial charge in [-0.3, -0.25) is 4.79 Å². The van der Waals surface area contributed by atoms with Gasteiger partial charge in [-0.25, -0.2) is 0 Å². The van der Waals surface area contributed by atoms with Crippen LogP contribution in [0, 0.1) is 0 Å². The summed E-state index contributed by atoms with van der Waals surface area (Å²) in [4.78, 5) is 11.2. The Kier molecular flexibility index (Phi) is 3.45. The zero-order valence-electron chi connectivity index (χ0n) is 9.55. The van der Waals surface area contributed by atoms with Crippen LogP contribution in [0.1, 0.15) is 12.0 Å². The highest BCUT2D eigenvalue weighted by atomic mass is 19.4. The number of nitrogens with one attached hydrogen (secondary N) is 2. The van der Waals surface area contributed by atoms with E-state index in [4.69, 9.17) is 0 Å². The second-order valence-corrected chi connectivity index (χ2v) is 4.30. The highest BCUT2D eigenvalue weighted by molar-refractivity contribution is 5.77. The third kappa shape index (κ3) is 3.38. The van der Waals surface area contributed by atoms with E-state index < -0.39 is 18.5 Å². The molecule has 0 fully saturated rings. The fourth-order valence-electron chi connectivity index (χ4n) is 2.00. The quantitative estimate of drug-likeness (QED) is 0.852. The summed E-state index contributed by atoms with van der Waals surface area (Å²) in [6.45, 7) is 0.445. The molecule has 0 saturated heterocycles. The Balaban J connectivity index is 1.92. The maximum atomic E-state index is 12.0. The summed E-state index contributed by atoms with van der Waals surface area (Å²) in [7, 11) is 0. The molecule has 0 aromatic heterocycles. The molecule has 98 valence electrons. The first kappa shape index (κ1) is 12.7. The van der Waals surface area contributed by atoms with Crippen molar-refractivity contribution in [1.29, 1.82) is 0 Å². The zero-order chi connectivity index (χ0) is 13.2. The molecule has 2 rings (SSSR count). The number of hydrogen-bond donors (Lipinski definition) is 2. The topological polar surface area (TPSA) is 41.1 Å². The van der Waals surface area contributed by atoms with Crippen LogP contribution in [0.5, 0.6) is 0 Å². The zero-order valence-corrected chi connectivity index (χ0v) is 9.55. The van der Waals surface area contributed by atoms with Crippen LogP contribution in [-0.2, 0) is 11.2 Å². The summed E-state index contributed by atoms with van der Waals surface area (Å²) in [5, 5.41) is 5.48. The molecule has 1 aliphatic heterocycles. The molecule has 0 saturated carbocycles. The molecule has 1 atom stereocenters. The molecule has 3 nitrogen and oxygen atoms in total. The Hall–Kier alpha value is -1.72. The highest BCUT2D eigenvalue weighted by Crippen LogP contribution is 2.22. The first-order valence-electron chi connectivity index (χ1n) is 5.62. The largest absolute Gasteiger partial charge is 0.397 e. The number of hydrogen-bond acceptors (Lipinski definition) is 2. The second kappa shape index (κ2) is 4.88. The van der Waals surface area contributed by atoms with Gasteiger partial charge in [-0.15, -0.1) is 0 Å². The third-order valence-electron chi connectivity index (χ3n) is 2.75. The van der Waals surface area contributed by atoms with E-state index in [1.807, 2.05) is 24.3 Å². The second-order valence-electron chi connectivity index (χ2n) is 4.30. The van der Waals surface area contributed by atoms with E-state index in [1.54, 1.807) is 0 Å². The van der Waals surface area contributed by atoms with E-state index in [-0.39, 0.29) is 6.04 Å². The molecule has 0 aliphatic carbocycles. The average molecular weight is 258 g/mol. The van der Waals surface area contributed by atoms with Gasteiger partial charge in [0.15, 0.2) is 0 Å². The van der Waals surface area contributed by atoms with Crippen LogP contribution >= 0.6 is 0 Å². The Bertz CT molecular complexity index is 445. The molecule has 6 heteroatoms. The molecule has 0 bridgehead atoms. The Labute approximate surface area is 102 Å². The van der Waals surface area contributed by atoms with Crippen LogP contribution in [0.15, 0.2) is 24.3 Å². The Morgan fingerprint density at radius 3 is 2.83 bits per heavy atom. The molecule has 0 spiro atoms. The minimum Gasteiger partial charge on any atom is -0.383 e. The summed E-state index contributed by atoms with van der Waals surface area (Å²) in [5.74, 6) is -0.978. The Morgan fingerprint density at radius 2 is 2.11 bits per heavy atom. The van der Waals surface area contributed by atoms with Gasteiger partial charge < -0.3 is 10.6 Å². The van der Waals surface area contributed by atoms with E-state index in [0.29, 0.717) is 13.0 Å². The lowest BCUT2D eigenvalue weighted by molar-refractivity contribution is -0.154. The lowest BCUT2D eigenvalue weighted by Crippen LogP contribution is -2.44. The van der Waals surface area contributed by atoms with E-state index in [0.717, 1.165) is 11.3 Å². The van der Waals surface area contributed by atoms with Crippen molar-refractivity contribution in [2.24, 2.45) is 0 Å². The van der Waals surface area contributed by atoms with Crippen LogP contribution in [0.25, 0.3) is 0 Å². The van der Waals surface area contributed by atoms with Gasteiger partial charge >= 0.3 is 6.18 Å². The maximum Gasteiger partial charge on any atom is 0.397 e. The van der Waals surface area contributed by atoms with Crippen molar-refractivity contribution in [2.45, 2.75) is 25.1 Å². The van der Waals surface area contributed by atoms with Gasteiger partial charge in [-0.1, -0.05) is 18.2 Å². The van der Waals surface area contributed by atoms with Crippen molar-refractivity contribution in [2.75, 3.05) is 11.9 Å². The number of para-hydroxylation sites is 1. The predicted molar refractivity (Wildman–Crippen MR) is 61.2 cm³/mol. The van der Waals surface area contributed by atoms with E-state index in [9.17, 15) is 18.0 Å². The number of amides is 1. The lowest BCUT2D eigenvalue weighted by Gasteiger charge is -2.27. The van der Waals surface area contributed by atoms with Crippen molar-refractivity contribution in [3.63, 3.8) is 0 Å². The number of rotatable bonds is 2. The van der Waals surface area contributed by atoms with Crippen LogP contribution in [0.3, 0.4) is 0 Å². The smallest absolute Gasteiger partial charge is 0.383 e. The van der Waals surface area contributed by atoms with Crippen molar-refractivity contribution < 1.29 is 18.0 Å². The Morgan fingerprint density at radius 1 is 1.39 bits per heavy atom. The predicted octanol–water partition coefficient (Wildman–Crippen LogP) is 2.09. The van der Waals surface area contributed by atoms with Gasteiger partial charge in [0.05, 0.1) is 6.04 Å². The number of fused-ring (bicyclic) bond motifs is 1. The number of carbonyl (C=O) groups is 1. The minimum atomic E-state index is -4.45. The van der Waals surface area contributed by atoms with Crippen LogP contribution < -0.4 is 10.6 Å². The molecule has 2 N–H and O–H groups in total. The van der Waals surface area contributed by atoms with Crippen LogP contribution in [0.2, 0.25) is 0 Å². The van der Waals surface area contributed by atoms with Gasteiger partial charge in [0.1, 0.15) is 6.42 Å². The summed E-state index contributed by atoms with van der Waals surface area (Å²) in [5.41, 5.74) is 1.97. The minimum absolute atomic E-state index is 0.297. The van der Waals surface area contributed by atoms with Crippen molar-refractivity contribution in [1.82, 2.24) is 5.32 Å². The van der Waals surface area contributed by atoms with Crippen molar-refractivity contribution in [3.8, 4) is 0 Å². The molecule has 1 amide bonds. The molecule has 1 aromatic rings. The normalized spacial score (nSPS) is 18.7. The van der Waals surface area contributed by atoms with E-state index in [1.165, 1.54) is 0 Å². The van der Waals surface area contributed by atoms with Crippen LogP contribution in [-0.4, -0.2) is 24.7 Å². The highest BCUT2D eigenvalue weighted by Gasteiger charge is 2.32. The molecule has 1 unspecified atom stereocenters. The summed E-state index contributed by atoms with van der Waals surface area (Å²) in [6, 6.07) is 7.25. The summed E-state index contributed by atoms with van der Waals surface area (Å²) < 4.78 is 36.1. The standard InChI is InChI=1S/C12H13F3N2O/c13-12(14,15)6-11(18)17-9-5-8-3-1-2-4-10(8)16-7-9/h1-4,9,16H,5-7H2,(H,17,18). The lowest BCUT2D eigenvalue weighted by atomic mass is 9.99. The molecular weight excluding hydrogens is 245 g/mol.